The van der Waals surface area contributed by atoms with E-state index in [-0.39, 0.29) is 47.2 Å². The zero-order valence-electron chi connectivity index (χ0n) is 29.6. The van der Waals surface area contributed by atoms with Gasteiger partial charge in [0.15, 0.2) is 0 Å². The average molecular weight is 779 g/mol. The lowest BCUT2D eigenvalue weighted by Gasteiger charge is -2.34. The maximum absolute atomic E-state index is 15.6. The number of carbonyl (C=O) groups excluding carboxylic acids is 2. The van der Waals surface area contributed by atoms with E-state index >= 15 is 4.39 Å². The van der Waals surface area contributed by atoms with Crippen molar-refractivity contribution in [3.63, 3.8) is 0 Å². The molecule has 2 amide bonds. The summed E-state index contributed by atoms with van der Waals surface area (Å²) in [4.78, 5) is 28.1. The van der Waals surface area contributed by atoms with Gasteiger partial charge >= 0.3 is 30.7 Å². The fourth-order valence-corrected chi connectivity index (χ4v) is 6.61. The average Bonchev–Trinajstić information content (AvgIpc) is 3.34. The molecule has 3 aromatic rings. The molecule has 17 heteroatoms. The predicted molar refractivity (Wildman–Crippen MR) is 174 cm³/mol. The number of carbonyl (C=O) groups is 2. The monoisotopic (exact) mass is 778 g/mol. The first-order valence-corrected chi connectivity index (χ1v) is 16.7. The van der Waals surface area contributed by atoms with Gasteiger partial charge in [0.25, 0.3) is 0 Å². The smallest absolute Gasteiger partial charge is 0.416 e. The second kappa shape index (κ2) is 14.5. The second-order valence-corrected chi connectivity index (χ2v) is 14.2. The highest BCUT2D eigenvalue weighted by Gasteiger charge is 2.44. The maximum Gasteiger partial charge on any atom is 0.416 e. The van der Waals surface area contributed by atoms with Crippen molar-refractivity contribution in [2.24, 2.45) is 0 Å². The van der Waals surface area contributed by atoms with Gasteiger partial charge in [-0.15, -0.1) is 0 Å². The van der Waals surface area contributed by atoms with Gasteiger partial charge < -0.3 is 19.1 Å². The van der Waals surface area contributed by atoms with E-state index in [0.29, 0.717) is 25.0 Å². The van der Waals surface area contributed by atoms with Gasteiger partial charge in [0.05, 0.1) is 36.4 Å². The molecule has 0 radical (unpaired) electrons. The molecular weight excluding hydrogens is 742 g/mol. The first-order chi connectivity index (χ1) is 24.9. The normalized spacial score (nSPS) is 18.9. The van der Waals surface area contributed by atoms with E-state index in [1.807, 2.05) is 0 Å². The lowest BCUT2D eigenvalue weighted by molar-refractivity contribution is -0.143. The van der Waals surface area contributed by atoms with Gasteiger partial charge in [-0.05, 0) is 105 Å². The van der Waals surface area contributed by atoms with Crippen molar-refractivity contribution < 1.29 is 67.7 Å². The number of cyclic esters (lactones) is 1. The third-order valence-corrected chi connectivity index (χ3v) is 9.30. The molecule has 0 aliphatic carbocycles. The van der Waals surface area contributed by atoms with Gasteiger partial charge in [0, 0.05) is 24.7 Å². The molecule has 2 fully saturated rings. The van der Waals surface area contributed by atoms with Crippen molar-refractivity contribution in [1.82, 2.24) is 9.80 Å². The van der Waals surface area contributed by atoms with Gasteiger partial charge in [0.2, 0.25) is 0 Å². The van der Waals surface area contributed by atoms with Crippen LogP contribution in [0.4, 0.5) is 53.5 Å². The van der Waals surface area contributed by atoms with Crippen LogP contribution in [0.5, 0.6) is 5.75 Å². The minimum absolute atomic E-state index is 0.0676. The van der Waals surface area contributed by atoms with Crippen LogP contribution in [-0.4, -0.2) is 53.8 Å². The summed E-state index contributed by atoms with van der Waals surface area (Å²) in [7, 11) is 1.22. The Bertz CT molecular complexity index is 1860. The molecule has 5 rings (SSSR count). The summed E-state index contributed by atoms with van der Waals surface area (Å²) in [6, 6.07) is 4.63. The van der Waals surface area contributed by atoms with Crippen LogP contribution in [0.2, 0.25) is 0 Å². The van der Waals surface area contributed by atoms with Gasteiger partial charge in [-0.2, -0.15) is 39.5 Å². The zero-order chi connectivity index (χ0) is 40.1. The molecule has 2 atom stereocenters. The number of amides is 2. The SMILES string of the molecule is COc1cc(F)c(C2CCN(C(=O)OC(C)(C)C)CC2)cc1-c1ccc(C(F)(F)F)cc1CN1C(=O)O[C@H](c2cc(C(F)(F)F)cc(C(F)(F)F)c2)[C@@H]1C. The molecule has 2 aliphatic heterocycles. The predicted octanol–water partition coefficient (Wildman–Crippen LogP) is 10.8. The van der Waals surface area contributed by atoms with E-state index in [4.69, 9.17) is 14.2 Å². The lowest BCUT2D eigenvalue weighted by Crippen LogP contribution is -2.41. The zero-order valence-corrected chi connectivity index (χ0v) is 29.6. The highest BCUT2D eigenvalue weighted by Crippen LogP contribution is 2.44. The highest BCUT2D eigenvalue weighted by molar-refractivity contribution is 5.77. The van der Waals surface area contributed by atoms with Crippen molar-refractivity contribution in [1.29, 1.82) is 0 Å². The Morgan fingerprint density at radius 2 is 1.39 bits per heavy atom. The first-order valence-electron chi connectivity index (χ1n) is 16.7. The van der Waals surface area contributed by atoms with Crippen LogP contribution >= 0.6 is 0 Å². The number of methoxy groups -OCH3 is 1. The van der Waals surface area contributed by atoms with Crippen molar-refractivity contribution in [2.45, 2.75) is 89.3 Å². The number of piperidine rings is 1. The summed E-state index contributed by atoms with van der Waals surface area (Å²) in [6.07, 6.45) is -18.0. The summed E-state index contributed by atoms with van der Waals surface area (Å²) in [5.41, 5.74) is -5.47. The summed E-state index contributed by atoms with van der Waals surface area (Å²) < 4.78 is 155. The Morgan fingerprint density at radius 3 is 1.91 bits per heavy atom. The van der Waals surface area contributed by atoms with Crippen molar-refractivity contribution in [2.75, 3.05) is 20.2 Å². The molecule has 2 heterocycles. The number of nitrogens with zero attached hydrogens (tertiary/aromatic N) is 2. The number of benzene rings is 3. The summed E-state index contributed by atoms with van der Waals surface area (Å²) in [6.45, 7) is 6.27. The molecule has 0 saturated carbocycles. The molecule has 0 bridgehead atoms. The number of hydrogen-bond acceptors (Lipinski definition) is 5. The summed E-state index contributed by atoms with van der Waals surface area (Å²) in [5.74, 6) is -1.16. The van der Waals surface area contributed by atoms with Crippen molar-refractivity contribution in [3.8, 4) is 16.9 Å². The van der Waals surface area contributed by atoms with Crippen LogP contribution in [0.1, 0.15) is 85.9 Å². The summed E-state index contributed by atoms with van der Waals surface area (Å²) >= 11 is 0. The molecule has 54 heavy (non-hydrogen) atoms. The number of ether oxygens (including phenoxy) is 3. The number of halogens is 10. The molecular formula is C37H36F10N2O5. The molecule has 2 saturated heterocycles. The van der Waals surface area contributed by atoms with Crippen LogP contribution in [0.25, 0.3) is 11.1 Å². The minimum atomic E-state index is -5.18. The third-order valence-electron chi connectivity index (χ3n) is 9.30. The molecule has 3 aromatic carbocycles. The Kier molecular flexibility index (Phi) is 10.9. The summed E-state index contributed by atoms with van der Waals surface area (Å²) in [5, 5.41) is 0. The van der Waals surface area contributed by atoms with E-state index < -0.39 is 89.0 Å². The van der Waals surface area contributed by atoms with Crippen LogP contribution in [-0.2, 0) is 34.5 Å². The van der Waals surface area contributed by atoms with Gasteiger partial charge in [-0.1, -0.05) is 6.07 Å². The quantitative estimate of drug-likeness (QED) is 0.233. The second-order valence-electron chi connectivity index (χ2n) is 14.2. The van der Waals surface area contributed by atoms with E-state index in [1.54, 1.807) is 20.8 Å². The van der Waals surface area contributed by atoms with Gasteiger partial charge in [-0.25, -0.2) is 14.0 Å². The number of hydrogen-bond donors (Lipinski definition) is 0. The van der Waals surface area contributed by atoms with Gasteiger partial charge in [0.1, 0.15) is 23.3 Å². The Balaban J connectivity index is 1.51. The Morgan fingerprint density at radius 1 is 0.815 bits per heavy atom. The maximum atomic E-state index is 15.6. The van der Waals surface area contributed by atoms with E-state index in [9.17, 15) is 49.1 Å². The first kappa shape index (κ1) is 40.5. The standard InChI is InChI=1S/C37H36F10N2O5/c1-19-31(21-12-24(36(42,43)44)15-25(13-21)37(45,46)47)53-33(51)49(19)18-22-14-23(35(39,40)41)6-7-26(22)28-16-27(29(38)17-30(28)52-5)20-8-10-48(11-9-20)32(50)54-34(2,3)4/h6-7,12-17,19-20,31H,8-11,18H2,1-5H3/t19-,31-/m0/s1. The molecule has 0 spiro atoms. The number of alkyl halides is 9. The molecule has 0 aromatic heterocycles. The number of rotatable bonds is 6. The van der Waals surface area contributed by atoms with Crippen LogP contribution < -0.4 is 4.74 Å². The van der Waals surface area contributed by atoms with Crippen LogP contribution in [0.3, 0.4) is 0 Å². The Labute approximate surface area is 303 Å². The minimum Gasteiger partial charge on any atom is -0.496 e. The highest BCUT2D eigenvalue weighted by atomic mass is 19.4. The van der Waals surface area contributed by atoms with Gasteiger partial charge in [-0.3, -0.25) is 4.90 Å². The molecule has 0 unspecified atom stereocenters. The van der Waals surface area contributed by atoms with Crippen LogP contribution in [0.15, 0.2) is 48.5 Å². The molecule has 294 valence electrons. The molecule has 0 N–H and O–H groups in total. The topological polar surface area (TPSA) is 68.3 Å². The fraction of sp³-hybridized carbons (Fsp3) is 0.459. The third kappa shape index (κ3) is 8.81. The van der Waals surface area contributed by atoms with Crippen LogP contribution in [0, 0.1) is 5.82 Å². The fourth-order valence-electron chi connectivity index (χ4n) is 6.61. The van der Waals surface area contributed by atoms with E-state index in [0.717, 1.165) is 29.2 Å². The van der Waals surface area contributed by atoms with Crippen molar-refractivity contribution in [3.05, 3.63) is 87.7 Å². The lowest BCUT2D eigenvalue weighted by atomic mass is 9.86. The molecule has 2 aliphatic rings. The van der Waals surface area contributed by atoms with E-state index in [2.05, 4.69) is 0 Å². The Hall–Kier alpha value is -4.70. The molecule has 7 nitrogen and oxygen atoms in total. The van der Waals surface area contributed by atoms with E-state index in [1.165, 1.54) is 25.0 Å². The number of likely N-dealkylation sites (tertiary alicyclic amines) is 1. The van der Waals surface area contributed by atoms with Crippen molar-refractivity contribution >= 4 is 12.2 Å². The largest absolute Gasteiger partial charge is 0.496 e.